The molecule has 0 unspecified atom stereocenters. The fraction of sp³-hybridized carbons (Fsp3) is 0.700. The van der Waals surface area contributed by atoms with Crippen LogP contribution in [0.3, 0.4) is 0 Å². The lowest BCUT2D eigenvalue weighted by Crippen LogP contribution is -2.05. The van der Waals surface area contributed by atoms with Gasteiger partial charge in [-0.15, -0.1) is 0 Å². The standard InChI is InChI=1S/C20H33NO2/c1-3-5-7-9-11-18(12-10-8-6-4-2)17-19-13-15-20(16-14-19)21(22)23/h13-16,18H,3-12,17H2,1-2H3. The number of nitro benzene ring substituents is 1. The molecule has 3 heteroatoms. The molecule has 0 aliphatic carbocycles. The summed E-state index contributed by atoms with van der Waals surface area (Å²) >= 11 is 0. The molecule has 1 rings (SSSR count). The molecule has 1 aromatic carbocycles. The minimum absolute atomic E-state index is 0.191. The first-order chi connectivity index (χ1) is 11.2. The third-order valence-corrected chi connectivity index (χ3v) is 4.60. The number of nitrogens with zero attached hydrogens (tertiary/aromatic N) is 1. The maximum absolute atomic E-state index is 10.7. The van der Waals surface area contributed by atoms with Crippen molar-refractivity contribution in [1.29, 1.82) is 0 Å². The summed E-state index contributed by atoms with van der Waals surface area (Å²) in [5.74, 6) is 0.727. The Morgan fingerprint density at radius 2 is 1.39 bits per heavy atom. The molecule has 23 heavy (non-hydrogen) atoms. The van der Waals surface area contributed by atoms with Crippen molar-refractivity contribution in [3.8, 4) is 0 Å². The highest BCUT2D eigenvalue weighted by Crippen LogP contribution is 2.23. The van der Waals surface area contributed by atoms with E-state index in [0.717, 1.165) is 12.3 Å². The number of benzene rings is 1. The maximum atomic E-state index is 10.7. The molecule has 0 N–H and O–H groups in total. The lowest BCUT2D eigenvalue weighted by Gasteiger charge is -2.17. The van der Waals surface area contributed by atoms with E-state index < -0.39 is 0 Å². The topological polar surface area (TPSA) is 43.1 Å². The van der Waals surface area contributed by atoms with Crippen LogP contribution in [0.25, 0.3) is 0 Å². The second-order valence-electron chi connectivity index (χ2n) is 6.69. The molecule has 0 atom stereocenters. The van der Waals surface area contributed by atoms with E-state index in [9.17, 15) is 10.1 Å². The zero-order chi connectivity index (χ0) is 16.9. The van der Waals surface area contributed by atoms with Crippen LogP contribution in [0.1, 0.15) is 83.6 Å². The molecule has 0 amide bonds. The van der Waals surface area contributed by atoms with E-state index in [1.54, 1.807) is 12.1 Å². The van der Waals surface area contributed by atoms with Crippen LogP contribution in [0.4, 0.5) is 5.69 Å². The summed E-state index contributed by atoms with van der Waals surface area (Å²) in [5.41, 5.74) is 1.43. The molecule has 0 aromatic heterocycles. The fourth-order valence-electron chi connectivity index (χ4n) is 3.16. The van der Waals surface area contributed by atoms with Crippen LogP contribution in [-0.2, 0) is 6.42 Å². The van der Waals surface area contributed by atoms with E-state index in [4.69, 9.17) is 0 Å². The van der Waals surface area contributed by atoms with E-state index in [0.29, 0.717) is 0 Å². The highest BCUT2D eigenvalue weighted by atomic mass is 16.6. The van der Waals surface area contributed by atoms with Gasteiger partial charge in [-0.3, -0.25) is 10.1 Å². The number of nitro groups is 1. The molecule has 0 saturated carbocycles. The van der Waals surface area contributed by atoms with Gasteiger partial charge in [-0.2, -0.15) is 0 Å². The van der Waals surface area contributed by atoms with Crippen molar-refractivity contribution in [2.75, 3.05) is 0 Å². The highest BCUT2D eigenvalue weighted by Gasteiger charge is 2.11. The Labute approximate surface area is 141 Å². The zero-order valence-corrected chi connectivity index (χ0v) is 14.9. The molecule has 130 valence electrons. The summed E-state index contributed by atoms with van der Waals surface area (Å²) in [4.78, 5) is 10.4. The van der Waals surface area contributed by atoms with Gasteiger partial charge in [0.15, 0.2) is 0 Å². The van der Waals surface area contributed by atoms with Gasteiger partial charge in [-0.1, -0.05) is 90.2 Å². The second kappa shape index (κ2) is 12.1. The molecule has 0 spiro atoms. The van der Waals surface area contributed by atoms with Gasteiger partial charge in [0.1, 0.15) is 0 Å². The Hall–Kier alpha value is -1.38. The number of hydrogen-bond donors (Lipinski definition) is 0. The van der Waals surface area contributed by atoms with Gasteiger partial charge in [0.2, 0.25) is 0 Å². The molecule has 0 fully saturated rings. The molecule has 0 saturated heterocycles. The minimum Gasteiger partial charge on any atom is -0.258 e. The summed E-state index contributed by atoms with van der Waals surface area (Å²) in [6.45, 7) is 4.50. The van der Waals surface area contributed by atoms with Crippen molar-refractivity contribution < 1.29 is 4.92 Å². The van der Waals surface area contributed by atoms with Gasteiger partial charge in [-0.25, -0.2) is 0 Å². The predicted molar refractivity (Wildman–Crippen MR) is 97.8 cm³/mol. The van der Waals surface area contributed by atoms with E-state index in [-0.39, 0.29) is 10.6 Å². The first-order valence-electron chi connectivity index (χ1n) is 9.40. The monoisotopic (exact) mass is 319 g/mol. The number of rotatable bonds is 13. The highest BCUT2D eigenvalue weighted by molar-refractivity contribution is 5.33. The first kappa shape index (κ1) is 19.7. The van der Waals surface area contributed by atoms with Crippen LogP contribution in [0.5, 0.6) is 0 Å². The predicted octanol–water partition coefficient (Wildman–Crippen LogP) is 6.69. The second-order valence-corrected chi connectivity index (χ2v) is 6.69. The van der Waals surface area contributed by atoms with E-state index in [1.807, 2.05) is 12.1 Å². The lowest BCUT2D eigenvalue weighted by molar-refractivity contribution is -0.384. The molecule has 0 aliphatic heterocycles. The van der Waals surface area contributed by atoms with Crippen molar-refractivity contribution in [3.05, 3.63) is 39.9 Å². The Morgan fingerprint density at radius 1 is 0.870 bits per heavy atom. The van der Waals surface area contributed by atoms with Crippen LogP contribution in [-0.4, -0.2) is 4.92 Å². The first-order valence-corrected chi connectivity index (χ1v) is 9.40. The Balaban J connectivity index is 2.50. The van der Waals surface area contributed by atoms with Crippen molar-refractivity contribution >= 4 is 5.69 Å². The van der Waals surface area contributed by atoms with Crippen molar-refractivity contribution in [3.63, 3.8) is 0 Å². The largest absolute Gasteiger partial charge is 0.269 e. The molecule has 1 aromatic rings. The molecule has 0 radical (unpaired) electrons. The summed E-state index contributed by atoms with van der Waals surface area (Å²) in [6, 6.07) is 7.15. The molecular formula is C20H33NO2. The van der Waals surface area contributed by atoms with Gasteiger partial charge in [0.05, 0.1) is 4.92 Å². The quantitative estimate of drug-likeness (QED) is 0.231. The van der Waals surface area contributed by atoms with Crippen LogP contribution in [0, 0.1) is 16.0 Å². The molecule has 0 heterocycles. The van der Waals surface area contributed by atoms with Crippen molar-refractivity contribution in [2.45, 2.75) is 84.5 Å². The zero-order valence-electron chi connectivity index (χ0n) is 14.9. The van der Waals surface area contributed by atoms with Crippen LogP contribution < -0.4 is 0 Å². The maximum Gasteiger partial charge on any atom is 0.269 e. The van der Waals surface area contributed by atoms with E-state index in [1.165, 1.54) is 69.8 Å². The Kier molecular flexibility index (Phi) is 10.3. The average molecular weight is 319 g/mol. The normalized spacial score (nSPS) is 11.1. The van der Waals surface area contributed by atoms with Crippen LogP contribution in [0.2, 0.25) is 0 Å². The van der Waals surface area contributed by atoms with Gasteiger partial charge < -0.3 is 0 Å². The van der Waals surface area contributed by atoms with E-state index >= 15 is 0 Å². The summed E-state index contributed by atoms with van der Waals surface area (Å²) < 4.78 is 0. The number of hydrogen-bond acceptors (Lipinski definition) is 2. The molecule has 0 bridgehead atoms. The van der Waals surface area contributed by atoms with Gasteiger partial charge in [0, 0.05) is 12.1 Å². The van der Waals surface area contributed by atoms with Crippen molar-refractivity contribution in [1.82, 2.24) is 0 Å². The molecule has 3 nitrogen and oxygen atoms in total. The third-order valence-electron chi connectivity index (χ3n) is 4.60. The number of unbranched alkanes of at least 4 members (excludes halogenated alkanes) is 6. The van der Waals surface area contributed by atoms with Gasteiger partial charge in [-0.05, 0) is 17.9 Å². The fourth-order valence-corrected chi connectivity index (χ4v) is 3.16. The number of non-ortho nitro benzene ring substituents is 1. The lowest BCUT2D eigenvalue weighted by atomic mass is 9.89. The SMILES string of the molecule is CCCCCCC(CCCCCC)Cc1ccc([N+](=O)[O-])cc1. The summed E-state index contributed by atoms with van der Waals surface area (Å²) in [7, 11) is 0. The molecular weight excluding hydrogens is 286 g/mol. The Morgan fingerprint density at radius 3 is 1.83 bits per heavy atom. The molecule has 0 aliphatic rings. The minimum atomic E-state index is -0.323. The smallest absolute Gasteiger partial charge is 0.258 e. The van der Waals surface area contributed by atoms with Crippen LogP contribution in [0.15, 0.2) is 24.3 Å². The average Bonchev–Trinajstić information content (AvgIpc) is 2.55. The third kappa shape index (κ3) is 8.73. The summed E-state index contributed by atoms with van der Waals surface area (Å²) in [5, 5.41) is 10.7. The summed E-state index contributed by atoms with van der Waals surface area (Å²) in [6.07, 6.45) is 14.2. The van der Waals surface area contributed by atoms with Gasteiger partial charge in [0.25, 0.3) is 5.69 Å². The van der Waals surface area contributed by atoms with E-state index in [2.05, 4.69) is 13.8 Å². The van der Waals surface area contributed by atoms with Crippen LogP contribution >= 0.6 is 0 Å². The van der Waals surface area contributed by atoms with Gasteiger partial charge >= 0.3 is 0 Å². The Bertz CT molecular complexity index is 416. The van der Waals surface area contributed by atoms with Crippen molar-refractivity contribution in [2.24, 2.45) is 5.92 Å².